The van der Waals surface area contributed by atoms with Crippen molar-refractivity contribution in [2.24, 2.45) is 5.92 Å². The lowest BCUT2D eigenvalue weighted by Gasteiger charge is -2.17. The molecular formula is C13H15N3O3. The van der Waals surface area contributed by atoms with Crippen molar-refractivity contribution in [1.29, 1.82) is 5.26 Å². The number of hydrogen-bond acceptors (Lipinski definition) is 5. The van der Waals surface area contributed by atoms with Crippen LogP contribution in [0, 0.1) is 17.2 Å². The highest BCUT2D eigenvalue weighted by molar-refractivity contribution is 5.96. The van der Waals surface area contributed by atoms with Crippen LogP contribution in [0.1, 0.15) is 23.7 Å². The molecule has 19 heavy (non-hydrogen) atoms. The summed E-state index contributed by atoms with van der Waals surface area (Å²) >= 11 is 0. The number of nitrogens with one attached hydrogen (secondary N) is 1. The molecule has 0 fully saturated rings. The molecule has 0 aliphatic carbocycles. The molecule has 0 saturated carbocycles. The van der Waals surface area contributed by atoms with Crippen molar-refractivity contribution in [3.63, 3.8) is 0 Å². The minimum absolute atomic E-state index is 0.208. The largest absolute Gasteiger partial charge is 0.467 e. The number of pyridine rings is 1. The predicted molar refractivity (Wildman–Crippen MR) is 66.9 cm³/mol. The van der Waals surface area contributed by atoms with E-state index in [4.69, 9.17) is 5.26 Å². The first-order chi connectivity index (χ1) is 9.08. The molecule has 0 aliphatic heterocycles. The normalized spacial score (nSPS) is 12.9. The number of nitrogens with zero attached hydrogens (tertiary/aromatic N) is 2. The van der Waals surface area contributed by atoms with Gasteiger partial charge in [-0.25, -0.2) is 4.79 Å². The molecule has 0 saturated heterocycles. The molecule has 1 amide bonds. The van der Waals surface area contributed by atoms with Gasteiger partial charge in [-0.15, -0.1) is 0 Å². The first-order valence-electron chi connectivity index (χ1n) is 5.76. The number of aromatic nitrogens is 1. The van der Waals surface area contributed by atoms with Crippen molar-refractivity contribution in [3.05, 3.63) is 30.1 Å². The van der Waals surface area contributed by atoms with Gasteiger partial charge in [0.2, 0.25) is 0 Å². The van der Waals surface area contributed by atoms with Crippen molar-refractivity contribution in [2.45, 2.75) is 19.4 Å². The summed E-state index contributed by atoms with van der Waals surface area (Å²) in [5, 5.41) is 11.3. The number of nitriles is 1. The van der Waals surface area contributed by atoms with Gasteiger partial charge in [-0.1, -0.05) is 0 Å². The van der Waals surface area contributed by atoms with Crippen LogP contribution in [0.15, 0.2) is 24.5 Å². The maximum Gasteiger partial charge on any atom is 0.328 e. The third-order valence-corrected chi connectivity index (χ3v) is 2.54. The highest BCUT2D eigenvalue weighted by atomic mass is 16.5. The minimum Gasteiger partial charge on any atom is -0.467 e. The van der Waals surface area contributed by atoms with E-state index in [-0.39, 0.29) is 12.3 Å². The Labute approximate surface area is 111 Å². The summed E-state index contributed by atoms with van der Waals surface area (Å²) in [7, 11) is 1.24. The Bertz CT molecular complexity index is 482. The second kappa shape index (κ2) is 7.11. The molecule has 100 valence electrons. The van der Waals surface area contributed by atoms with E-state index in [1.54, 1.807) is 6.92 Å². The van der Waals surface area contributed by atoms with Crippen LogP contribution in [0.5, 0.6) is 0 Å². The first-order valence-corrected chi connectivity index (χ1v) is 5.76. The molecule has 1 rings (SSSR count). The molecule has 0 spiro atoms. The average molecular weight is 261 g/mol. The lowest BCUT2D eigenvalue weighted by Crippen LogP contribution is -2.42. The summed E-state index contributed by atoms with van der Waals surface area (Å²) in [5.41, 5.74) is 0.397. The van der Waals surface area contributed by atoms with Crippen LogP contribution in [-0.4, -0.2) is 30.0 Å². The van der Waals surface area contributed by atoms with Gasteiger partial charge in [0, 0.05) is 23.9 Å². The molecule has 1 heterocycles. The standard InChI is InChI=1S/C13H15N3O3/c1-9(8-14)7-11(13(18)19-2)16-12(17)10-3-5-15-6-4-10/h3-6,9,11H,7H2,1-2H3,(H,16,17)/t9-,11-/m1/s1. The summed E-state index contributed by atoms with van der Waals surface area (Å²) in [6.45, 7) is 1.68. The molecule has 0 aliphatic rings. The molecule has 1 aromatic heterocycles. The Kier molecular flexibility index (Phi) is 5.48. The second-order valence-electron chi connectivity index (χ2n) is 4.05. The Balaban J connectivity index is 2.75. The van der Waals surface area contributed by atoms with E-state index in [1.165, 1.54) is 31.6 Å². The van der Waals surface area contributed by atoms with Crippen LogP contribution in [0.25, 0.3) is 0 Å². The molecular weight excluding hydrogens is 246 g/mol. The third kappa shape index (κ3) is 4.39. The van der Waals surface area contributed by atoms with Gasteiger partial charge in [-0.2, -0.15) is 5.26 Å². The van der Waals surface area contributed by atoms with E-state index in [2.05, 4.69) is 15.0 Å². The number of amides is 1. The minimum atomic E-state index is -0.833. The van der Waals surface area contributed by atoms with Crippen LogP contribution in [-0.2, 0) is 9.53 Å². The van der Waals surface area contributed by atoms with Crippen molar-refractivity contribution < 1.29 is 14.3 Å². The van der Waals surface area contributed by atoms with E-state index in [9.17, 15) is 9.59 Å². The summed E-state index contributed by atoms with van der Waals surface area (Å²) in [6, 6.07) is 4.26. The van der Waals surface area contributed by atoms with E-state index >= 15 is 0 Å². The summed E-state index contributed by atoms with van der Waals surface area (Å²) in [6.07, 6.45) is 3.18. The van der Waals surface area contributed by atoms with Crippen molar-refractivity contribution in [3.8, 4) is 6.07 Å². The maximum atomic E-state index is 11.9. The number of methoxy groups -OCH3 is 1. The smallest absolute Gasteiger partial charge is 0.328 e. The molecule has 0 unspecified atom stereocenters. The van der Waals surface area contributed by atoms with Crippen LogP contribution in [0.4, 0.5) is 0 Å². The van der Waals surface area contributed by atoms with Gasteiger partial charge in [-0.05, 0) is 25.5 Å². The molecule has 6 heteroatoms. The lowest BCUT2D eigenvalue weighted by atomic mass is 10.0. The SMILES string of the molecule is COC(=O)[C@@H](C[C@@H](C)C#N)NC(=O)c1ccncc1. The van der Waals surface area contributed by atoms with E-state index in [0.717, 1.165) is 0 Å². The van der Waals surface area contributed by atoms with E-state index in [1.807, 2.05) is 6.07 Å². The van der Waals surface area contributed by atoms with Gasteiger partial charge < -0.3 is 10.1 Å². The predicted octanol–water partition coefficient (Wildman–Crippen LogP) is 0.903. The molecule has 2 atom stereocenters. The van der Waals surface area contributed by atoms with Crippen molar-refractivity contribution in [2.75, 3.05) is 7.11 Å². The second-order valence-corrected chi connectivity index (χ2v) is 4.05. The van der Waals surface area contributed by atoms with Crippen molar-refractivity contribution in [1.82, 2.24) is 10.3 Å². The number of hydrogen-bond donors (Lipinski definition) is 1. The highest BCUT2D eigenvalue weighted by Crippen LogP contribution is 2.07. The van der Waals surface area contributed by atoms with Gasteiger partial charge in [0.25, 0.3) is 5.91 Å². The Morgan fingerprint density at radius 2 is 2.11 bits per heavy atom. The monoisotopic (exact) mass is 261 g/mol. The number of carbonyl (C=O) groups excluding carboxylic acids is 2. The molecule has 0 bridgehead atoms. The van der Waals surface area contributed by atoms with Gasteiger partial charge in [0.15, 0.2) is 0 Å². The molecule has 1 aromatic rings. The number of esters is 1. The number of rotatable bonds is 5. The molecule has 0 radical (unpaired) electrons. The molecule has 6 nitrogen and oxygen atoms in total. The summed E-state index contributed by atoms with van der Waals surface area (Å²) < 4.78 is 4.62. The van der Waals surface area contributed by atoms with Crippen LogP contribution < -0.4 is 5.32 Å². The number of carbonyl (C=O) groups is 2. The molecule has 1 N–H and O–H groups in total. The highest BCUT2D eigenvalue weighted by Gasteiger charge is 2.24. The number of ether oxygens (including phenoxy) is 1. The fraction of sp³-hybridized carbons (Fsp3) is 0.385. The van der Waals surface area contributed by atoms with Crippen LogP contribution in [0.3, 0.4) is 0 Å². The zero-order chi connectivity index (χ0) is 14.3. The Morgan fingerprint density at radius 1 is 1.47 bits per heavy atom. The van der Waals surface area contributed by atoms with Gasteiger partial charge >= 0.3 is 5.97 Å². The summed E-state index contributed by atoms with van der Waals surface area (Å²) in [4.78, 5) is 27.3. The summed E-state index contributed by atoms with van der Waals surface area (Å²) in [5.74, 6) is -1.32. The first kappa shape index (κ1) is 14.6. The lowest BCUT2D eigenvalue weighted by molar-refractivity contribution is -0.143. The fourth-order valence-corrected chi connectivity index (χ4v) is 1.51. The average Bonchev–Trinajstić information content (AvgIpc) is 2.46. The molecule has 0 aromatic carbocycles. The van der Waals surface area contributed by atoms with Gasteiger partial charge in [0.1, 0.15) is 6.04 Å². The van der Waals surface area contributed by atoms with Crippen molar-refractivity contribution >= 4 is 11.9 Å². The fourth-order valence-electron chi connectivity index (χ4n) is 1.51. The van der Waals surface area contributed by atoms with E-state index in [0.29, 0.717) is 5.56 Å². The quantitative estimate of drug-likeness (QED) is 0.795. The van der Waals surface area contributed by atoms with Gasteiger partial charge in [0.05, 0.1) is 13.2 Å². The van der Waals surface area contributed by atoms with E-state index < -0.39 is 17.9 Å². The van der Waals surface area contributed by atoms with Crippen LogP contribution >= 0.6 is 0 Å². The Hall–Kier alpha value is -2.42. The Morgan fingerprint density at radius 3 is 2.63 bits per heavy atom. The topological polar surface area (TPSA) is 92.1 Å². The zero-order valence-corrected chi connectivity index (χ0v) is 10.8. The zero-order valence-electron chi connectivity index (χ0n) is 10.8. The van der Waals surface area contributed by atoms with Gasteiger partial charge in [-0.3, -0.25) is 9.78 Å². The third-order valence-electron chi connectivity index (χ3n) is 2.54. The van der Waals surface area contributed by atoms with Crippen LogP contribution in [0.2, 0.25) is 0 Å². The maximum absolute atomic E-state index is 11.9.